The van der Waals surface area contributed by atoms with Crippen molar-refractivity contribution < 1.29 is 24.4 Å². The van der Waals surface area contributed by atoms with Gasteiger partial charge in [0.1, 0.15) is 5.75 Å². The number of nitro groups is 1. The molecule has 0 unspecified atom stereocenters. The number of hydrogen-bond donors (Lipinski definition) is 2. The second-order valence-electron chi connectivity index (χ2n) is 6.04. The summed E-state index contributed by atoms with van der Waals surface area (Å²) in [5.41, 5.74) is 1.80. The third-order valence-electron chi connectivity index (χ3n) is 4.03. The van der Waals surface area contributed by atoms with Gasteiger partial charge in [-0.2, -0.15) is 5.10 Å². The van der Waals surface area contributed by atoms with Crippen molar-refractivity contribution in [2.45, 2.75) is 0 Å². The average Bonchev–Trinajstić information content (AvgIpc) is 2.75. The summed E-state index contributed by atoms with van der Waals surface area (Å²) >= 11 is 5.99. The molecule has 0 aromatic heterocycles. The number of hydrazone groups is 1. The molecule has 0 aliphatic heterocycles. The zero-order valence-corrected chi connectivity index (χ0v) is 16.4. The molecular weight excluding hydrogens is 426 g/mol. The van der Waals surface area contributed by atoms with Gasteiger partial charge in [0.25, 0.3) is 5.91 Å². The highest BCUT2D eigenvalue weighted by molar-refractivity contribution is 6.33. The predicted molar refractivity (Wildman–Crippen MR) is 113 cm³/mol. The van der Waals surface area contributed by atoms with Crippen molar-refractivity contribution in [2.75, 3.05) is 0 Å². The van der Waals surface area contributed by atoms with E-state index in [9.17, 15) is 24.8 Å². The molecule has 0 aliphatic rings. The smallest absolute Gasteiger partial charge is 0.345 e. The summed E-state index contributed by atoms with van der Waals surface area (Å²) in [5, 5.41) is 25.0. The van der Waals surface area contributed by atoms with Crippen molar-refractivity contribution in [3.8, 4) is 11.5 Å². The second-order valence-corrected chi connectivity index (χ2v) is 6.45. The van der Waals surface area contributed by atoms with Crippen LogP contribution >= 0.6 is 11.6 Å². The standard InChI is InChI=1S/C21H14ClN3O6/c22-16-9-3-1-7-14(16)21(28)31-19-13(6-5-10-17(19)25(29)30)12-23-24-20(27)15-8-2-4-11-18(15)26/h1-12,26H,(H,24,27)/b23-12+. The van der Waals surface area contributed by atoms with Gasteiger partial charge in [-0.1, -0.05) is 41.9 Å². The summed E-state index contributed by atoms with van der Waals surface area (Å²) in [6.45, 7) is 0. The van der Waals surface area contributed by atoms with Crippen molar-refractivity contribution in [3.63, 3.8) is 0 Å². The summed E-state index contributed by atoms with van der Waals surface area (Å²) in [6.07, 6.45) is 1.08. The SMILES string of the molecule is O=C(N/N=C/c1cccc([N+](=O)[O-])c1OC(=O)c1ccccc1Cl)c1ccccc1O. The molecule has 10 heteroatoms. The Labute approximate surface area is 180 Å². The Bertz CT molecular complexity index is 1200. The first-order chi connectivity index (χ1) is 14.9. The molecule has 0 saturated heterocycles. The minimum absolute atomic E-state index is 0.0101. The topological polar surface area (TPSA) is 131 Å². The minimum atomic E-state index is -0.896. The van der Waals surface area contributed by atoms with Crippen molar-refractivity contribution in [2.24, 2.45) is 5.10 Å². The Kier molecular flexibility index (Phi) is 6.58. The van der Waals surface area contributed by atoms with E-state index in [0.717, 1.165) is 12.3 Å². The van der Waals surface area contributed by atoms with E-state index in [2.05, 4.69) is 10.5 Å². The number of nitrogens with one attached hydrogen (secondary N) is 1. The molecule has 0 spiro atoms. The molecule has 3 aromatic rings. The number of para-hydroxylation sites is 2. The van der Waals surface area contributed by atoms with E-state index in [-0.39, 0.29) is 33.2 Å². The van der Waals surface area contributed by atoms with Crippen LogP contribution in [0.4, 0.5) is 5.69 Å². The Hall–Kier alpha value is -4.24. The van der Waals surface area contributed by atoms with E-state index in [1.54, 1.807) is 24.3 Å². The van der Waals surface area contributed by atoms with E-state index >= 15 is 0 Å². The van der Waals surface area contributed by atoms with Crippen LogP contribution in [0.25, 0.3) is 0 Å². The number of amides is 1. The zero-order valence-electron chi connectivity index (χ0n) is 15.7. The number of carbonyl (C=O) groups is 2. The molecule has 31 heavy (non-hydrogen) atoms. The van der Waals surface area contributed by atoms with Crippen LogP contribution in [-0.2, 0) is 0 Å². The highest BCUT2D eigenvalue weighted by Gasteiger charge is 2.23. The van der Waals surface area contributed by atoms with Crippen LogP contribution in [0.15, 0.2) is 71.8 Å². The van der Waals surface area contributed by atoms with Crippen LogP contribution in [0.2, 0.25) is 5.02 Å². The van der Waals surface area contributed by atoms with Crippen molar-refractivity contribution >= 4 is 35.4 Å². The molecule has 0 heterocycles. The van der Waals surface area contributed by atoms with E-state index in [0.29, 0.717) is 0 Å². The van der Waals surface area contributed by atoms with E-state index in [1.165, 1.54) is 36.4 Å². The van der Waals surface area contributed by atoms with Gasteiger partial charge in [0, 0.05) is 11.6 Å². The van der Waals surface area contributed by atoms with Gasteiger partial charge < -0.3 is 9.84 Å². The normalized spacial score (nSPS) is 10.6. The number of ether oxygens (including phenoxy) is 1. The maximum Gasteiger partial charge on any atom is 0.345 e. The largest absolute Gasteiger partial charge is 0.507 e. The Morgan fingerprint density at radius 3 is 2.39 bits per heavy atom. The number of phenolic OH excluding ortho intramolecular Hbond substituents is 1. The molecule has 2 N–H and O–H groups in total. The molecule has 3 aromatic carbocycles. The number of benzene rings is 3. The maximum atomic E-state index is 12.5. The Morgan fingerprint density at radius 2 is 1.71 bits per heavy atom. The summed E-state index contributed by atoms with van der Waals surface area (Å²) in [4.78, 5) is 35.3. The van der Waals surface area contributed by atoms with Crippen molar-refractivity contribution in [3.05, 3.63) is 98.6 Å². The molecule has 0 bridgehead atoms. The third kappa shape index (κ3) is 5.03. The number of hydrogen-bond acceptors (Lipinski definition) is 7. The van der Waals surface area contributed by atoms with Gasteiger partial charge in [0.2, 0.25) is 5.75 Å². The molecule has 0 radical (unpaired) electrons. The number of rotatable bonds is 6. The highest BCUT2D eigenvalue weighted by atomic mass is 35.5. The van der Waals surface area contributed by atoms with Crippen molar-refractivity contribution in [1.82, 2.24) is 5.43 Å². The lowest BCUT2D eigenvalue weighted by Crippen LogP contribution is -2.18. The van der Waals surface area contributed by atoms with E-state index in [4.69, 9.17) is 16.3 Å². The minimum Gasteiger partial charge on any atom is -0.507 e. The molecule has 0 fully saturated rings. The second kappa shape index (κ2) is 9.51. The number of halogens is 1. The van der Waals surface area contributed by atoms with Gasteiger partial charge >= 0.3 is 11.7 Å². The monoisotopic (exact) mass is 439 g/mol. The van der Waals surface area contributed by atoms with E-state index in [1.807, 2.05) is 0 Å². The average molecular weight is 440 g/mol. The van der Waals surface area contributed by atoms with Crippen LogP contribution in [0, 0.1) is 10.1 Å². The fourth-order valence-electron chi connectivity index (χ4n) is 2.56. The molecular formula is C21H14ClN3O6. The summed E-state index contributed by atoms with van der Waals surface area (Å²) in [7, 11) is 0. The fourth-order valence-corrected chi connectivity index (χ4v) is 2.77. The van der Waals surface area contributed by atoms with Gasteiger partial charge in [-0.15, -0.1) is 0 Å². The molecule has 9 nitrogen and oxygen atoms in total. The van der Waals surface area contributed by atoms with Crippen LogP contribution < -0.4 is 10.2 Å². The first-order valence-electron chi connectivity index (χ1n) is 8.74. The highest BCUT2D eigenvalue weighted by Crippen LogP contribution is 2.31. The molecule has 0 aliphatic carbocycles. The summed E-state index contributed by atoms with van der Waals surface area (Å²) < 4.78 is 5.26. The molecule has 3 rings (SSSR count). The first-order valence-corrected chi connectivity index (χ1v) is 9.12. The van der Waals surface area contributed by atoms with Crippen LogP contribution in [-0.4, -0.2) is 28.1 Å². The lowest BCUT2D eigenvalue weighted by molar-refractivity contribution is -0.385. The number of nitrogens with zero attached hydrogens (tertiary/aromatic N) is 2. The van der Waals surface area contributed by atoms with E-state index < -0.39 is 22.5 Å². The summed E-state index contributed by atoms with van der Waals surface area (Å²) in [5.74, 6) is -2.19. The Morgan fingerprint density at radius 1 is 1.03 bits per heavy atom. The fraction of sp³-hybridized carbons (Fsp3) is 0. The molecule has 1 amide bonds. The summed E-state index contributed by atoms with van der Waals surface area (Å²) in [6, 6.07) is 15.9. The van der Waals surface area contributed by atoms with Gasteiger partial charge in [-0.25, -0.2) is 10.2 Å². The number of aromatic hydroxyl groups is 1. The quantitative estimate of drug-likeness (QED) is 0.196. The maximum absolute atomic E-state index is 12.5. The van der Waals surface area contributed by atoms with Gasteiger partial charge in [-0.3, -0.25) is 14.9 Å². The van der Waals surface area contributed by atoms with Crippen LogP contribution in [0.3, 0.4) is 0 Å². The predicted octanol–water partition coefficient (Wildman–Crippen LogP) is 3.94. The zero-order chi connectivity index (χ0) is 22.4. The number of esters is 1. The van der Waals surface area contributed by atoms with Gasteiger partial charge in [0.05, 0.1) is 27.3 Å². The van der Waals surface area contributed by atoms with Crippen molar-refractivity contribution in [1.29, 1.82) is 0 Å². The third-order valence-corrected chi connectivity index (χ3v) is 4.36. The van der Waals surface area contributed by atoms with Crippen LogP contribution in [0.1, 0.15) is 26.3 Å². The Balaban J connectivity index is 1.88. The lowest BCUT2D eigenvalue weighted by Gasteiger charge is -2.09. The number of phenols is 1. The first kappa shape index (κ1) is 21.5. The van der Waals surface area contributed by atoms with Gasteiger partial charge in [0.15, 0.2) is 0 Å². The lowest BCUT2D eigenvalue weighted by atomic mass is 10.1. The molecule has 0 saturated carbocycles. The molecule has 156 valence electrons. The number of carbonyl (C=O) groups excluding carboxylic acids is 2. The number of nitro benzene ring substituents is 1. The molecule has 0 atom stereocenters. The van der Waals surface area contributed by atoms with Gasteiger partial charge in [-0.05, 0) is 30.3 Å². The van der Waals surface area contributed by atoms with Crippen LogP contribution in [0.5, 0.6) is 11.5 Å².